The second-order valence-corrected chi connectivity index (χ2v) is 16.3. The van der Waals surface area contributed by atoms with Crippen LogP contribution in [0.2, 0.25) is 0 Å². The van der Waals surface area contributed by atoms with E-state index in [1.165, 1.54) is 36.7 Å². The highest BCUT2D eigenvalue weighted by Gasteiger charge is 2.20. The second-order valence-electron chi connectivity index (χ2n) is 15.3. The third-order valence-electron chi connectivity index (χ3n) is 11.7. The molecule has 0 spiro atoms. The number of furan rings is 1. The SMILES string of the molecule is c1ccc(-c2cc(-c3ccc(-c4cccc(-c5cccc6oc7c8ccccc8c(-c8cccc9c8sc8ccccc89)cc7c56)c4)cc3)nc(-c3ccccc3)n2)cc1. The molecule has 0 radical (unpaired) electrons. The first-order valence-electron chi connectivity index (χ1n) is 20.2. The number of thiophene rings is 1. The summed E-state index contributed by atoms with van der Waals surface area (Å²) in [6.45, 7) is 0. The van der Waals surface area contributed by atoms with E-state index < -0.39 is 0 Å². The largest absolute Gasteiger partial charge is 0.455 e. The molecule has 12 rings (SSSR count). The van der Waals surface area contributed by atoms with E-state index in [4.69, 9.17) is 14.4 Å². The van der Waals surface area contributed by atoms with E-state index in [2.05, 4.69) is 170 Å². The van der Waals surface area contributed by atoms with Gasteiger partial charge in [-0.3, -0.25) is 0 Å². The molecule has 12 aromatic rings. The Kier molecular flexibility index (Phi) is 8.03. The highest BCUT2D eigenvalue weighted by Crippen LogP contribution is 2.46. The van der Waals surface area contributed by atoms with Gasteiger partial charge in [-0.05, 0) is 63.5 Å². The van der Waals surface area contributed by atoms with Crippen LogP contribution in [0.4, 0.5) is 0 Å². The monoisotopic (exact) mass is 782 g/mol. The average molecular weight is 783 g/mol. The average Bonchev–Trinajstić information content (AvgIpc) is 3.91. The van der Waals surface area contributed by atoms with Gasteiger partial charge in [0.05, 0.1) is 11.4 Å². The molecule has 0 saturated carbocycles. The molecule has 4 heteroatoms. The van der Waals surface area contributed by atoms with Crippen molar-refractivity contribution >= 4 is 64.2 Å². The van der Waals surface area contributed by atoms with Gasteiger partial charge < -0.3 is 4.42 Å². The van der Waals surface area contributed by atoms with E-state index >= 15 is 0 Å². The molecule has 9 aromatic carbocycles. The molecule has 0 unspecified atom stereocenters. The Balaban J connectivity index is 0.967. The molecule has 0 N–H and O–H groups in total. The van der Waals surface area contributed by atoms with Crippen LogP contribution >= 0.6 is 11.3 Å². The number of nitrogens with zero attached hydrogens (tertiary/aromatic N) is 2. The van der Waals surface area contributed by atoms with Crippen LogP contribution in [0.3, 0.4) is 0 Å². The Morgan fingerprint density at radius 3 is 1.73 bits per heavy atom. The number of hydrogen-bond acceptors (Lipinski definition) is 4. The van der Waals surface area contributed by atoms with Gasteiger partial charge in [-0.1, -0.05) is 176 Å². The van der Waals surface area contributed by atoms with E-state index in [0.717, 1.165) is 77.7 Å². The van der Waals surface area contributed by atoms with Crippen LogP contribution in [0.5, 0.6) is 0 Å². The molecule has 0 aliphatic carbocycles. The van der Waals surface area contributed by atoms with Crippen LogP contribution in [0, 0.1) is 0 Å². The van der Waals surface area contributed by atoms with Gasteiger partial charge in [0.1, 0.15) is 11.2 Å². The fourth-order valence-electron chi connectivity index (χ4n) is 8.84. The molecule has 0 amide bonds. The first kappa shape index (κ1) is 34.4. The van der Waals surface area contributed by atoms with Crippen LogP contribution in [0.1, 0.15) is 0 Å². The molecule has 0 saturated heterocycles. The summed E-state index contributed by atoms with van der Waals surface area (Å²) in [5, 5.41) is 7.16. The molecular formula is C56H34N2OS. The van der Waals surface area contributed by atoms with Gasteiger partial charge in [0.2, 0.25) is 0 Å². The van der Waals surface area contributed by atoms with Gasteiger partial charge in [0, 0.05) is 58.6 Å². The Hall–Kier alpha value is -7.66. The predicted molar refractivity (Wildman–Crippen MR) is 252 cm³/mol. The molecule has 0 atom stereocenters. The van der Waals surface area contributed by atoms with Crippen molar-refractivity contribution in [1.82, 2.24) is 9.97 Å². The fraction of sp³-hybridized carbons (Fsp3) is 0. The van der Waals surface area contributed by atoms with Crippen molar-refractivity contribution in [2.75, 3.05) is 0 Å². The maximum Gasteiger partial charge on any atom is 0.160 e. The predicted octanol–water partition coefficient (Wildman–Crippen LogP) is 15.9. The quantitative estimate of drug-likeness (QED) is 0.169. The van der Waals surface area contributed by atoms with E-state index in [1.54, 1.807) is 0 Å². The fourth-order valence-corrected chi connectivity index (χ4v) is 10.1. The number of benzene rings is 9. The highest BCUT2D eigenvalue weighted by atomic mass is 32.1. The molecule has 3 nitrogen and oxygen atoms in total. The van der Waals surface area contributed by atoms with Gasteiger partial charge in [0.25, 0.3) is 0 Å². The summed E-state index contributed by atoms with van der Waals surface area (Å²) in [5.41, 5.74) is 13.7. The van der Waals surface area contributed by atoms with Crippen LogP contribution in [0.25, 0.3) is 120 Å². The van der Waals surface area contributed by atoms with Crippen molar-refractivity contribution in [3.63, 3.8) is 0 Å². The third-order valence-corrected chi connectivity index (χ3v) is 12.9. The molecule has 280 valence electrons. The highest BCUT2D eigenvalue weighted by molar-refractivity contribution is 7.26. The van der Waals surface area contributed by atoms with Crippen LogP contribution < -0.4 is 0 Å². The summed E-state index contributed by atoms with van der Waals surface area (Å²) >= 11 is 1.87. The summed E-state index contributed by atoms with van der Waals surface area (Å²) < 4.78 is 9.40. The minimum atomic E-state index is 0.710. The lowest BCUT2D eigenvalue weighted by Crippen LogP contribution is -1.95. The zero-order chi connectivity index (χ0) is 39.6. The van der Waals surface area contributed by atoms with E-state index in [9.17, 15) is 0 Å². The van der Waals surface area contributed by atoms with Crippen molar-refractivity contribution in [2.45, 2.75) is 0 Å². The Labute approximate surface area is 350 Å². The van der Waals surface area contributed by atoms with Crippen LogP contribution in [-0.2, 0) is 0 Å². The minimum absolute atomic E-state index is 0.710. The Morgan fingerprint density at radius 2 is 0.933 bits per heavy atom. The molecule has 3 heterocycles. The van der Waals surface area contributed by atoms with Crippen molar-refractivity contribution in [2.24, 2.45) is 0 Å². The smallest absolute Gasteiger partial charge is 0.160 e. The van der Waals surface area contributed by atoms with Gasteiger partial charge in [-0.25, -0.2) is 9.97 Å². The lowest BCUT2D eigenvalue weighted by molar-refractivity contribution is 0.673. The molecule has 0 aliphatic heterocycles. The first-order chi connectivity index (χ1) is 29.7. The van der Waals surface area contributed by atoms with E-state index in [0.29, 0.717) is 5.82 Å². The molecule has 60 heavy (non-hydrogen) atoms. The topological polar surface area (TPSA) is 38.9 Å². The zero-order valence-corrected chi connectivity index (χ0v) is 33.2. The number of rotatable bonds is 6. The maximum absolute atomic E-state index is 6.79. The third kappa shape index (κ3) is 5.72. The molecule has 0 fully saturated rings. The van der Waals surface area contributed by atoms with Crippen LogP contribution in [-0.4, -0.2) is 9.97 Å². The number of fused-ring (bicyclic) bond motifs is 8. The van der Waals surface area contributed by atoms with Crippen molar-refractivity contribution < 1.29 is 4.42 Å². The van der Waals surface area contributed by atoms with Crippen molar-refractivity contribution in [3.05, 3.63) is 206 Å². The summed E-state index contributed by atoms with van der Waals surface area (Å²) in [4.78, 5) is 10.0. The van der Waals surface area contributed by atoms with Crippen molar-refractivity contribution in [3.8, 4) is 67.3 Å². The van der Waals surface area contributed by atoms with Gasteiger partial charge in [-0.2, -0.15) is 0 Å². The molecule has 3 aromatic heterocycles. The van der Waals surface area contributed by atoms with Crippen molar-refractivity contribution in [1.29, 1.82) is 0 Å². The van der Waals surface area contributed by atoms with E-state index in [1.807, 2.05) is 47.7 Å². The molecular weight excluding hydrogens is 749 g/mol. The number of aromatic nitrogens is 2. The summed E-state index contributed by atoms with van der Waals surface area (Å²) in [6, 6.07) is 73.1. The first-order valence-corrected chi connectivity index (χ1v) is 21.0. The Bertz CT molecular complexity index is 3530. The standard InChI is InChI=1S/C56H34N2OS/c1-3-14-36(15-4-1)49-34-50(58-56(57-49)38-16-5-2-6-17-38)37-30-28-35(29-31-37)39-18-11-19-40(32-39)41-23-13-26-51-53(41)48-33-47(42-20-7-8-22-44(42)54(48)59-51)46-25-12-24-45-43-21-9-10-27-52(43)60-55(45)46/h1-34H. The summed E-state index contributed by atoms with van der Waals surface area (Å²) in [6.07, 6.45) is 0. The van der Waals surface area contributed by atoms with E-state index in [-0.39, 0.29) is 0 Å². The zero-order valence-electron chi connectivity index (χ0n) is 32.3. The lowest BCUT2D eigenvalue weighted by Gasteiger charge is -2.11. The normalized spacial score (nSPS) is 11.7. The lowest BCUT2D eigenvalue weighted by atomic mass is 9.92. The second kappa shape index (κ2) is 14.0. The molecule has 0 aliphatic rings. The molecule has 0 bridgehead atoms. The Morgan fingerprint density at radius 1 is 0.350 bits per heavy atom. The minimum Gasteiger partial charge on any atom is -0.455 e. The van der Waals surface area contributed by atoms with Gasteiger partial charge in [-0.15, -0.1) is 11.3 Å². The van der Waals surface area contributed by atoms with Crippen LogP contribution in [0.15, 0.2) is 211 Å². The number of hydrogen-bond donors (Lipinski definition) is 0. The van der Waals surface area contributed by atoms with Gasteiger partial charge >= 0.3 is 0 Å². The summed E-state index contributed by atoms with van der Waals surface area (Å²) in [7, 11) is 0. The maximum atomic E-state index is 6.79. The summed E-state index contributed by atoms with van der Waals surface area (Å²) in [5.74, 6) is 0.710. The van der Waals surface area contributed by atoms with Gasteiger partial charge in [0.15, 0.2) is 5.82 Å².